The lowest BCUT2D eigenvalue weighted by Crippen LogP contribution is -2.45. The number of likely N-dealkylation sites (N-methyl/N-ethyl adjacent to an activating group) is 1. The third-order valence-corrected chi connectivity index (χ3v) is 5.60. The van der Waals surface area contributed by atoms with Crippen molar-refractivity contribution in [1.29, 1.82) is 0 Å². The van der Waals surface area contributed by atoms with Crippen LogP contribution in [0.3, 0.4) is 0 Å². The number of aromatic nitrogens is 4. The van der Waals surface area contributed by atoms with Gasteiger partial charge in [-0.2, -0.15) is 10.1 Å². The third-order valence-electron chi connectivity index (χ3n) is 5.60. The van der Waals surface area contributed by atoms with Crippen LogP contribution < -0.4 is 9.64 Å². The van der Waals surface area contributed by atoms with Gasteiger partial charge in [-0.15, -0.1) is 13.2 Å². The van der Waals surface area contributed by atoms with E-state index < -0.39 is 6.36 Å². The Labute approximate surface area is 211 Å². The van der Waals surface area contributed by atoms with Gasteiger partial charge in [0.15, 0.2) is 0 Å². The largest absolute Gasteiger partial charge is 0.573 e. The zero-order chi connectivity index (χ0) is 26.4. The maximum Gasteiger partial charge on any atom is 0.573 e. The zero-order valence-corrected chi connectivity index (χ0v) is 20.4. The van der Waals surface area contributed by atoms with E-state index in [1.807, 2.05) is 6.07 Å². The Morgan fingerprint density at radius 1 is 1.14 bits per heavy atom. The number of benzene rings is 1. The van der Waals surface area contributed by atoms with Gasteiger partial charge in [-0.25, -0.2) is 15.0 Å². The average Bonchev–Trinajstić information content (AvgIpc) is 3.35. The molecule has 196 valence electrons. The predicted molar refractivity (Wildman–Crippen MR) is 130 cm³/mol. The molecule has 14 heteroatoms. The molecule has 1 saturated heterocycles. The van der Waals surface area contributed by atoms with E-state index in [4.69, 9.17) is 4.52 Å². The average molecular weight is 518 g/mol. The molecule has 0 spiro atoms. The summed E-state index contributed by atoms with van der Waals surface area (Å²) >= 11 is 0. The first-order valence-electron chi connectivity index (χ1n) is 11.4. The summed E-state index contributed by atoms with van der Waals surface area (Å²) in [7, 11) is 2.09. The highest BCUT2D eigenvalue weighted by atomic mass is 19.4. The quantitative estimate of drug-likeness (QED) is 0.253. The van der Waals surface area contributed by atoms with Crippen molar-refractivity contribution in [3.05, 3.63) is 48.1 Å². The topological polar surface area (TPSA) is 108 Å². The van der Waals surface area contributed by atoms with Crippen LogP contribution in [0.2, 0.25) is 0 Å². The van der Waals surface area contributed by atoms with Crippen molar-refractivity contribution in [1.82, 2.24) is 30.0 Å². The van der Waals surface area contributed by atoms with Gasteiger partial charge in [0.2, 0.25) is 17.7 Å². The SMILES string of the molecule is C=NN(Cc1ccnc(N2CCN(C)CC2)n1)C(C)=NCc1nc(-c2ccc(OC(F)(F)F)cc2)no1. The van der Waals surface area contributed by atoms with Crippen molar-refractivity contribution < 1.29 is 22.4 Å². The molecule has 1 fully saturated rings. The first-order valence-corrected chi connectivity index (χ1v) is 11.4. The van der Waals surface area contributed by atoms with Crippen LogP contribution in [0.15, 0.2) is 51.1 Å². The normalized spacial score (nSPS) is 15.1. The molecule has 0 amide bonds. The number of ether oxygens (including phenoxy) is 1. The number of piperazine rings is 1. The summed E-state index contributed by atoms with van der Waals surface area (Å²) < 4.78 is 46.1. The second kappa shape index (κ2) is 11.3. The highest BCUT2D eigenvalue weighted by Crippen LogP contribution is 2.25. The van der Waals surface area contributed by atoms with E-state index in [-0.39, 0.29) is 24.0 Å². The lowest BCUT2D eigenvalue weighted by Gasteiger charge is -2.32. The number of aliphatic imine (C=N–C) groups is 1. The van der Waals surface area contributed by atoms with E-state index in [2.05, 4.69) is 58.5 Å². The molecule has 0 bridgehead atoms. The number of anilines is 1. The Morgan fingerprint density at radius 3 is 2.54 bits per heavy atom. The monoisotopic (exact) mass is 517 g/mol. The highest BCUT2D eigenvalue weighted by molar-refractivity contribution is 5.79. The van der Waals surface area contributed by atoms with Crippen molar-refractivity contribution in [3.63, 3.8) is 0 Å². The molecule has 0 aliphatic carbocycles. The van der Waals surface area contributed by atoms with Gasteiger partial charge in [-0.05, 0) is 44.3 Å². The molecule has 1 aliphatic rings. The zero-order valence-electron chi connectivity index (χ0n) is 20.4. The van der Waals surface area contributed by atoms with Crippen molar-refractivity contribution in [2.24, 2.45) is 10.1 Å². The maximum absolute atomic E-state index is 12.3. The molecule has 4 rings (SSSR count). The van der Waals surface area contributed by atoms with E-state index >= 15 is 0 Å². The van der Waals surface area contributed by atoms with E-state index in [1.165, 1.54) is 24.3 Å². The second-order valence-electron chi connectivity index (χ2n) is 8.28. The molecule has 3 aromatic rings. The fourth-order valence-corrected chi connectivity index (χ4v) is 3.56. The summed E-state index contributed by atoms with van der Waals surface area (Å²) in [6.45, 7) is 9.46. The predicted octanol–water partition coefficient (Wildman–Crippen LogP) is 3.21. The smallest absolute Gasteiger partial charge is 0.406 e. The molecule has 0 saturated carbocycles. The molecule has 2 aromatic heterocycles. The van der Waals surface area contributed by atoms with E-state index in [9.17, 15) is 13.2 Å². The molecule has 1 aromatic carbocycles. The standard InChI is InChI=1S/C23H26F3N9O2/c1-16(35(27-2)15-18-8-9-28-22(30-18)34-12-10-33(3)11-13-34)29-14-20-31-21(32-37-20)17-4-6-19(7-5-17)36-23(24,25)26/h4-9H,2,10-15H2,1,3H3. The number of hydrogen-bond donors (Lipinski definition) is 0. The van der Waals surface area contributed by atoms with Gasteiger partial charge < -0.3 is 19.1 Å². The number of nitrogens with zero attached hydrogens (tertiary/aromatic N) is 9. The van der Waals surface area contributed by atoms with Crippen LogP contribution in [-0.4, -0.2) is 82.2 Å². The molecule has 11 nitrogen and oxygen atoms in total. The second-order valence-corrected chi connectivity index (χ2v) is 8.28. The summed E-state index contributed by atoms with van der Waals surface area (Å²) in [6, 6.07) is 6.99. The van der Waals surface area contributed by atoms with Gasteiger partial charge in [0, 0.05) is 44.7 Å². The molecule has 37 heavy (non-hydrogen) atoms. The molecular weight excluding hydrogens is 491 g/mol. The van der Waals surface area contributed by atoms with Crippen LogP contribution in [0, 0.1) is 0 Å². The molecule has 0 atom stereocenters. The van der Waals surface area contributed by atoms with Gasteiger partial charge >= 0.3 is 6.36 Å². The van der Waals surface area contributed by atoms with Crippen molar-refractivity contribution in [2.45, 2.75) is 26.4 Å². The minimum Gasteiger partial charge on any atom is -0.406 e. The van der Waals surface area contributed by atoms with Crippen LogP contribution in [0.4, 0.5) is 19.1 Å². The van der Waals surface area contributed by atoms with Crippen LogP contribution in [-0.2, 0) is 13.1 Å². The first kappa shape index (κ1) is 26.0. The third kappa shape index (κ3) is 7.22. The number of halogens is 3. The van der Waals surface area contributed by atoms with E-state index in [1.54, 1.807) is 18.1 Å². The Morgan fingerprint density at radius 2 is 1.86 bits per heavy atom. The summed E-state index contributed by atoms with van der Waals surface area (Å²) in [5, 5.41) is 9.52. The van der Waals surface area contributed by atoms with Gasteiger partial charge in [-0.1, -0.05) is 5.16 Å². The van der Waals surface area contributed by atoms with Gasteiger partial charge in [0.1, 0.15) is 18.1 Å². The van der Waals surface area contributed by atoms with Crippen LogP contribution >= 0.6 is 0 Å². The summed E-state index contributed by atoms with van der Waals surface area (Å²) in [5.74, 6) is 1.35. The summed E-state index contributed by atoms with van der Waals surface area (Å²) in [6.07, 6.45) is -3.03. The van der Waals surface area contributed by atoms with E-state index in [0.717, 1.165) is 31.9 Å². The molecule has 3 heterocycles. The Bertz CT molecular complexity index is 1220. The number of hydrogen-bond acceptors (Lipinski definition) is 10. The fraction of sp³-hybridized carbons (Fsp3) is 0.391. The highest BCUT2D eigenvalue weighted by Gasteiger charge is 2.31. The minimum absolute atomic E-state index is 0.0798. The first-order chi connectivity index (χ1) is 17.7. The lowest BCUT2D eigenvalue weighted by atomic mass is 10.2. The van der Waals surface area contributed by atoms with Crippen LogP contribution in [0.1, 0.15) is 18.5 Å². The molecule has 0 radical (unpaired) electrons. The fourth-order valence-electron chi connectivity index (χ4n) is 3.56. The number of rotatable bonds is 8. The lowest BCUT2D eigenvalue weighted by molar-refractivity contribution is -0.274. The number of amidine groups is 1. The van der Waals surface area contributed by atoms with Crippen LogP contribution in [0.25, 0.3) is 11.4 Å². The Balaban J connectivity index is 1.37. The molecule has 0 unspecified atom stereocenters. The molecule has 0 N–H and O–H groups in total. The van der Waals surface area contributed by atoms with Crippen LogP contribution in [0.5, 0.6) is 5.75 Å². The summed E-state index contributed by atoms with van der Waals surface area (Å²) in [5.41, 5.74) is 1.24. The molecular formula is C23H26F3N9O2. The van der Waals surface area contributed by atoms with Crippen molar-refractivity contribution in [2.75, 3.05) is 38.1 Å². The number of hydrazone groups is 1. The van der Waals surface area contributed by atoms with E-state index in [0.29, 0.717) is 23.9 Å². The van der Waals surface area contributed by atoms with Gasteiger partial charge in [0.25, 0.3) is 0 Å². The Hall–Kier alpha value is -4.07. The van der Waals surface area contributed by atoms with Gasteiger partial charge in [-0.3, -0.25) is 4.99 Å². The van der Waals surface area contributed by atoms with Crippen molar-refractivity contribution in [3.8, 4) is 17.1 Å². The van der Waals surface area contributed by atoms with Gasteiger partial charge in [0.05, 0.1) is 12.2 Å². The Kier molecular flexibility index (Phi) is 7.96. The van der Waals surface area contributed by atoms with Crippen molar-refractivity contribution >= 4 is 18.5 Å². The molecule has 1 aliphatic heterocycles. The minimum atomic E-state index is -4.76. The number of alkyl halides is 3. The summed E-state index contributed by atoms with van der Waals surface area (Å²) in [4.78, 5) is 22.2. The maximum atomic E-state index is 12.3.